The molecule has 0 aliphatic rings. The maximum Gasteiger partial charge on any atom is 0.292 e. The summed E-state index contributed by atoms with van der Waals surface area (Å²) in [5.41, 5.74) is 5.13. The van der Waals surface area contributed by atoms with E-state index in [2.05, 4.69) is 5.32 Å². The molecule has 3 N–H and O–H groups in total. The first-order valence-corrected chi connectivity index (χ1v) is 7.21. The Labute approximate surface area is 125 Å². The van der Waals surface area contributed by atoms with E-state index in [9.17, 15) is 9.59 Å². The van der Waals surface area contributed by atoms with Crippen molar-refractivity contribution in [3.8, 4) is 5.75 Å². The molecule has 6 nitrogen and oxygen atoms in total. The van der Waals surface area contributed by atoms with Crippen LogP contribution in [0, 0.1) is 0 Å². The van der Waals surface area contributed by atoms with Crippen molar-refractivity contribution in [2.75, 3.05) is 13.2 Å². The lowest BCUT2D eigenvalue weighted by atomic mass is 10.1. The number of hydrogen-bond acceptors (Lipinski definition) is 4. The lowest BCUT2D eigenvalue weighted by molar-refractivity contribution is -0.123. The molecule has 0 spiro atoms. The highest BCUT2D eigenvalue weighted by Crippen LogP contribution is 2.05. The fourth-order valence-electron chi connectivity index (χ4n) is 1.79. The number of pyridine rings is 1. The normalized spacial score (nSPS) is 11.2. The van der Waals surface area contributed by atoms with Crippen LogP contribution in [-0.2, 0) is 11.3 Å². The smallest absolute Gasteiger partial charge is 0.292 e. The number of aromatic nitrogens is 1. The molecular formula is C15H25N3O3. The van der Waals surface area contributed by atoms with Gasteiger partial charge in [-0.15, -0.1) is 0 Å². The van der Waals surface area contributed by atoms with E-state index >= 15 is 0 Å². The molecule has 0 fully saturated rings. The number of nitrogens with zero attached hydrogens (tertiary/aromatic N) is 1. The van der Waals surface area contributed by atoms with Gasteiger partial charge in [-0.3, -0.25) is 9.59 Å². The zero-order valence-electron chi connectivity index (χ0n) is 13.0. The van der Waals surface area contributed by atoms with Crippen molar-refractivity contribution in [1.82, 2.24) is 9.88 Å². The molecule has 0 aliphatic carbocycles. The maximum absolute atomic E-state index is 12.2. The molecule has 0 atom stereocenters. The molecule has 0 saturated carbocycles. The molecule has 1 aromatic heterocycles. The van der Waals surface area contributed by atoms with Gasteiger partial charge in [0.25, 0.3) is 11.5 Å². The third-order valence-electron chi connectivity index (χ3n) is 2.77. The van der Waals surface area contributed by atoms with Crippen molar-refractivity contribution in [1.29, 1.82) is 0 Å². The monoisotopic (exact) mass is 295 g/mol. The van der Waals surface area contributed by atoms with E-state index in [1.54, 1.807) is 18.3 Å². The summed E-state index contributed by atoms with van der Waals surface area (Å²) >= 11 is 0. The van der Waals surface area contributed by atoms with Crippen LogP contribution in [0.15, 0.2) is 23.1 Å². The molecule has 0 saturated heterocycles. The topological polar surface area (TPSA) is 86.3 Å². The largest absolute Gasteiger partial charge is 0.478 e. The van der Waals surface area contributed by atoms with Crippen molar-refractivity contribution < 1.29 is 9.53 Å². The minimum atomic E-state index is -0.500. The highest BCUT2D eigenvalue weighted by molar-refractivity contribution is 5.77. The van der Waals surface area contributed by atoms with Gasteiger partial charge in [0.2, 0.25) is 0 Å². The van der Waals surface area contributed by atoms with Gasteiger partial charge in [-0.05, 0) is 32.4 Å². The second kappa shape index (κ2) is 7.83. The van der Waals surface area contributed by atoms with Crippen LogP contribution in [0.1, 0.15) is 33.6 Å². The molecule has 1 heterocycles. The number of nitrogens with two attached hydrogens (primary N) is 1. The molecule has 6 heteroatoms. The van der Waals surface area contributed by atoms with E-state index < -0.39 is 5.54 Å². The summed E-state index contributed by atoms with van der Waals surface area (Å²) in [6.07, 6.45) is 3.60. The average molecular weight is 295 g/mol. The van der Waals surface area contributed by atoms with Gasteiger partial charge < -0.3 is 20.4 Å². The van der Waals surface area contributed by atoms with Gasteiger partial charge in [0, 0.05) is 24.8 Å². The molecular weight excluding hydrogens is 270 g/mol. The van der Waals surface area contributed by atoms with Crippen LogP contribution in [0.5, 0.6) is 5.75 Å². The van der Waals surface area contributed by atoms with Crippen LogP contribution in [0.2, 0.25) is 0 Å². The number of nitrogens with one attached hydrogen (secondary N) is 1. The third kappa shape index (κ3) is 6.44. The number of carbonyl (C=O) groups excluding carboxylic acids is 1. The van der Waals surface area contributed by atoms with Gasteiger partial charge >= 0.3 is 0 Å². The van der Waals surface area contributed by atoms with Crippen LogP contribution in [0.3, 0.4) is 0 Å². The summed E-state index contributed by atoms with van der Waals surface area (Å²) < 4.78 is 6.79. The molecule has 0 bridgehead atoms. The number of hydrogen-bond donors (Lipinski definition) is 2. The molecule has 0 aliphatic heterocycles. The van der Waals surface area contributed by atoms with E-state index in [1.165, 1.54) is 4.57 Å². The van der Waals surface area contributed by atoms with E-state index in [0.717, 1.165) is 12.8 Å². The minimum Gasteiger partial charge on any atom is -0.478 e. The Hall–Kier alpha value is -1.82. The Bertz CT molecular complexity index is 518. The molecule has 118 valence electrons. The van der Waals surface area contributed by atoms with Crippen molar-refractivity contribution in [2.24, 2.45) is 5.73 Å². The van der Waals surface area contributed by atoms with E-state index in [0.29, 0.717) is 13.1 Å². The third-order valence-corrected chi connectivity index (χ3v) is 2.77. The lowest BCUT2D eigenvalue weighted by Gasteiger charge is -2.20. The van der Waals surface area contributed by atoms with Gasteiger partial charge in [-0.1, -0.05) is 13.3 Å². The van der Waals surface area contributed by atoms with E-state index in [-0.39, 0.29) is 23.8 Å². The molecule has 1 aromatic rings. The van der Waals surface area contributed by atoms with Gasteiger partial charge in [0.15, 0.2) is 12.4 Å². The number of ether oxygens (including phenoxy) is 1. The second-order valence-electron chi connectivity index (χ2n) is 5.79. The molecule has 0 aromatic carbocycles. The maximum atomic E-state index is 12.2. The molecule has 1 amide bonds. The van der Waals surface area contributed by atoms with Crippen LogP contribution in [0.4, 0.5) is 0 Å². The zero-order valence-corrected chi connectivity index (χ0v) is 13.0. The Morgan fingerprint density at radius 3 is 2.81 bits per heavy atom. The Morgan fingerprint density at radius 1 is 1.48 bits per heavy atom. The van der Waals surface area contributed by atoms with Crippen molar-refractivity contribution in [2.45, 2.75) is 45.7 Å². The van der Waals surface area contributed by atoms with Gasteiger partial charge in [0.05, 0.1) is 0 Å². The predicted octanol–water partition coefficient (Wildman–Crippen LogP) is 0.881. The van der Waals surface area contributed by atoms with Crippen LogP contribution >= 0.6 is 0 Å². The van der Waals surface area contributed by atoms with Crippen molar-refractivity contribution in [3.05, 3.63) is 28.7 Å². The van der Waals surface area contributed by atoms with E-state index in [4.69, 9.17) is 10.5 Å². The molecule has 21 heavy (non-hydrogen) atoms. The number of rotatable bonds is 8. The summed E-state index contributed by atoms with van der Waals surface area (Å²) in [5, 5.41) is 2.73. The van der Waals surface area contributed by atoms with Crippen molar-refractivity contribution >= 4 is 5.91 Å². The summed E-state index contributed by atoms with van der Waals surface area (Å²) in [6.45, 7) is 6.58. The average Bonchev–Trinajstić information content (AvgIpc) is 2.38. The van der Waals surface area contributed by atoms with Gasteiger partial charge in [-0.2, -0.15) is 0 Å². The highest BCUT2D eigenvalue weighted by atomic mass is 16.5. The lowest BCUT2D eigenvalue weighted by Crippen LogP contribution is -2.40. The SMILES string of the molecule is CCCCNC(=O)COc1cccn(CC(C)(C)N)c1=O. The fourth-order valence-corrected chi connectivity index (χ4v) is 1.79. The Balaban J connectivity index is 2.62. The van der Waals surface area contributed by atoms with Crippen LogP contribution in [0.25, 0.3) is 0 Å². The summed E-state index contributed by atoms with van der Waals surface area (Å²) in [6, 6.07) is 3.26. The standard InChI is InChI=1S/C15H25N3O3/c1-4-5-8-17-13(19)10-21-12-7-6-9-18(14(12)20)11-15(2,3)16/h6-7,9H,4-5,8,10-11,16H2,1-3H3,(H,17,19). The Morgan fingerprint density at radius 2 is 2.19 bits per heavy atom. The summed E-state index contributed by atoms with van der Waals surface area (Å²) in [7, 11) is 0. The first-order chi connectivity index (χ1) is 9.83. The first-order valence-electron chi connectivity index (χ1n) is 7.21. The number of unbranched alkanes of at least 4 members (excludes halogenated alkanes) is 1. The molecule has 1 rings (SSSR count). The summed E-state index contributed by atoms with van der Waals surface area (Å²) in [4.78, 5) is 23.7. The van der Waals surface area contributed by atoms with Gasteiger partial charge in [-0.25, -0.2) is 0 Å². The highest BCUT2D eigenvalue weighted by Gasteiger charge is 2.14. The second-order valence-corrected chi connectivity index (χ2v) is 5.79. The molecule has 0 unspecified atom stereocenters. The fraction of sp³-hybridized carbons (Fsp3) is 0.600. The minimum absolute atomic E-state index is 0.158. The molecule has 0 radical (unpaired) electrons. The first kappa shape index (κ1) is 17.2. The number of amides is 1. The van der Waals surface area contributed by atoms with Crippen molar-refractivity contribution in [3.63, 3.8) is 0 Å². The Kier molecular flexibility index (Phi) is 6.42. The quantitative estimate of drug-likeness (QED) is 0.697. The predicted molar refractivity (Wildman–Crippen MR) is 82.4 cm³/mol. The summed E-state index contributed by atoms with van der Waals surface area (Å²) in [5.74, 6) is -0.0650. The van der Waals surface area contributed by atoms with Gasteiger partial charge in [0.1, 0.15) is 0 Å². The van der Waals surface area contributed by atoms with Crippen LogP contribution < -0.4 is 21.3 Å². The van der Waals surface area contributed by atoms with Crippen LogP contribution in [-0.4, -0.2) is 29.2 Å². The van der Waals surface area contributed by atoms with E-state index in [1.807, 2.05) is 20.8 Å². The number of carbonyl (C=O) groups is 1. The zero-order chi connectivity index (χ0) is 15.9.